The van der Waals surface area contributed by atoms with Crippen LogP contribution in [0.25, 0.3) is 33.4 Å². The highest BCUT2D eigenvalue weighted by atomic mass is 15.2. The summed E-state index contributed by atoms with van der Waals surface area (Å²) in [5, 5.41) is 0. The van der Waals surface area contributed by atoms with Crippen molar-refractivity contribution in [1.29, 1.82) is 0 Å². The van der Waals surface area contributed by atoms with E-state index in [0.717, 1.165) is 34.9 Å². The quantitative estimate of drug-likeness (QED) is 0.139. The number of hydrogen-bond acceptors (Lipinski definition) is 2. The first-order valence-electron chi connectivity index (χ1n) is 19.4. The molecule has 1 aliphatic rings. The smallest absolute Gasteiger partial charge is 0.0540 e. The highest BCUT2D eigenvalue weighted by molar-refractivity contribution is 5.89. The van der Waals surface area contributed by atoms with Crippen LogP contribution in [0.1, 0.15) is 17.9 Å². The highest BCUT2D eigenvalue weighted by Crippen LogP contribution is 2.42. The normalized spacial score (nSPS) is 13.5. The third kappa shape index (κ3) is 7.33. The highest BCUT2D eigenvalue weighted by Gasteiger charge is 2.19. The Balaban J connectivity index is 0.995. The van der Waals surface area contributed by atoms with Crippen molar-refractivity contribution in [2.45, 2.75) is 12.3 Å². The van der Waals surface area contributed by atoms with Crippen LogP contribution in [-0.4, -0.2) is 0 Å². The molecule has 2 nitrogen and oxygen atoms in total. The summed E-state index contributed by atoms with van der Waals surface area (Å²) < 4.78 is 0. The second-order valence-corrected chi connectivity index (χ2v) is 14.1. The predicted octanol–water partition coefficient (Wildman–Crippen LogP) is 14.9. The first-order chi connectivity index (χ1) is 27.8. The van der Waals surface area contributed by atoms with E-state index in [9.17, 15) is 0 Å². The zero-order valence-corrected chi connectivity index (χ0v) is 31.2. The van der Waals surface area contributed by atoms with Crippen molar-refractivity contribution >= 4 is 28.4 Å². The van der Waals surface area contributed by atoms with Gasteiger partial charge in [-0.3, -0.25) is 0 Å². The molecule has 0 amide bonds. The van der Waals surface area contributed by atoms with Crippen molar-refractivity contribution in [3.8, 4) is 33.4 Å². The lowest BCUT2D eigenvalue weighted by Gasteiger charge is -2.29. The molecule has 8 aromatic carbocycles. The van der Waals surface area contributed by atoms with Crippen LogP contribution in [0.3, 0.4) is 0 Å². The third-order valence-corrected chi connectivity index (χ3v) is 10.6. The van der Waals surface area contributed by atoms with Gasteiger partial charge in [-0.1, -0.05) is 176 Å². The molecule has 0 heterocycles. The van der Waals surface area contributed by atoms with Gasteiger partial charge >= 0.3 is 0 Å². The van der Waals surface area contributed by atoms with Gasteiger partial charge in [0.1, 0.15) is 0 Å². The summed E-state index contributed by atoms with van der Waals surface area (Å²) in [4.78, 5) is 4.71. The van der Waals surface area contributed by atoms with Crippen molar-refractivity contribution in [2.24, 2.45) is 0 Å². The van der Waals surface area contributed by atoms with Gasteiger partial charge in [0.2, 0.25) is 0 Å². The Morgan fingerprint density at radius 1 is 0.339 bits per heavy atom. The second kappa shape index (κ2) is 16.1. The Hall–Kier alpha value is -7.16. The van der Waals surface area contributed by atoms with Gasteiger partial charge in [-0.2, -0.15) is 0 Å². The number of para-hydroxylation sites is 3. The molecule has 0 aliphatic heterocycles. The van der Waals surface area contributed by atoms with Gasteiger partial charge in [-0.15, -0.1) is 0 Å². The summed E-state index contributed by atoms with van der Waals surface area (Å²) in [5.74, 6) is 0.391. The number of allylic oxidation sites excluding steroid dienone is 3. The lowest BCUT2D eigenvalue weighted by atomic mass is 9.91. The fraction of sp³-hybridized carbons (Fsp3) is 0.0370. The van der Waals surface area contributed by atoms with E-state index >= 15 is 0 Å². The molecule has 1 unspecified atom stereocenters. The van der Waals surface area contributed by atoms with Gasteiger partial charge in [0, 0.05) is 39.9 Å². The average Bonchev–Trinajstić information content (AvgIpc) is 3.29. The van der Waals surface area contributed by atoms with Crippen LogP contribution in [0.15, 0.2) is 242 Å². The van der Waals surface area contributed by atoms with Crippen LogP contribution in [0.2, 0.25) is 0 Å². The maximum absolute atomic E-state index is 2.37. The molecule has 2 heteroatoms. The predicted molar refractivity (Wildman–Crippen MR) is 237 cm³/mol. The van der Waals surface area contributed by atoms with Gasteiger partial charge in [0.25, 0.3) is 0 Å². The SMILES string of the molecule is C1=CC(c2ccccc2)CC=C1N(c1ccccc1)c1ccc(-c2ccc(-c3ccccc3N(c3ccccc3)c3ccc(-c4ccccc4)cc3)cc2)cc1. The summed E-state index contributed by atoms with van der Waals surface area (Å²) in [5.41, 5.74) is 15.3. The van der Waals surface area contributed by atoms with Crippen molar-refractivity contribution in [2.75, 3.05) is 9.80 Å². The van der Waals surface area contributed by atoms with Crippen molar-refractivity contribution < 1.29 is 0 Å². The van der Waals surface area contributed by atoms with E-state index in [2.05, 4.69) is 246 Å². The summed E-state index contributed by atoms with van der Waals surface area (Å²) in [7, 11) is 0. The van der Waals surface area contributed by atoms with Crippen LogP contribution in [0, 0.1) is 0 Å². The first-order valence-corrected chi connectivity index (χ1v) is 19.4. The minimum atomic E-state index is 0.391. The molecule has 56 heavy (non-hydrogen) atoms. The van der Waals surface area contributed by atoms with E-state index in [4.69, 9.17) is 0 Å². The van der Waals surface area contributed by atoms with Crippen LogP contribution in [0.4, 0.5) is 28.4 Å². The molecule has 1 atom stereocenters. The minimum absolute atomic E-state index is 0.391. The Kier molecular flexibility index (Phi) is 9.92. The molecule has 0 bridgehead atoms. The standard InChI is InChI=1S/C54H42N2/c1-5-15-41(16-6-1)44-29-35-50(36-30-44)55(48-19-9-3-10-20-48)51-37-31-46(32-38-51)43-25-27-47(28-26-43)53-23-13-14-24-54(53)56(49-21-11-4-12-22-49)52-39-33-45(34-40-52)42-17-7-2-8-18-42/h1-29,31-40,44H,30H2. The molecule has 9 rings (SSSR count). The molecule has 0 saturated heterocycles. The molecule has 0 aromatic heterocycles. The van der Waals surface area contributed by atoms with E-state index in [1.165, 1.54) is 44.6 Å². The molecule has 0 radical (unpaired) electrons. The van der Waals surface area contributed by atoms with Crippen LogP contribution >= 0.6 is 0 Å². The third-order valence-electron chi connectivity index (χ3n) is 10.6. The summed E-state index contributed by atoms with van der Waals surface area (Å²) in [6, 6.07) is 78.1. The number of rotatable bonds is 10. The number of nitrogens with zero attached hydrogens (tertiary/aromatic N) is 2. The molecule has 0 saturated carbocycles. The van der Waals surface area contributed by atoms with Crippen LogP contribution < -0.4 is 9.80 Å². The zero-order chi connectivity index (χ0) is 37.5. The molecule has 1 aliphatic carbocycles. The Labute approximate surface area is 330 Å². The zero-order valence-electron chi connectivity index (χ0n) is 31.2. The topological polar surface area (TPSA) is 6.48 Å². The lowest BCUT2D eigenvalue weighted by molar-refractivity contribution is 0.840. The Morgan fingerprint density at radius 3 is 1.30 bits per heavy atom. The number of anilines is 5. The largest absolute Gasteiger partial charge is 0.311 e. The molecule has 0 spiro atoms. The molecule has 8 aromatic rings. The average molecular weight is 719 g/mol. The molecular formula is C54H42N2. The van der Waals surface area contributed by atoms with Gasteiger partial charge in [-0.05, 0) is 100 Å². The molecule has 0 N–H and O–H groups in total. The maximum atomic E-state index is 2.37. The van der Waals surface area contributed by atoms with E-state index in [0.29, 0.717) is 5.92 Å². The summed E-state index contributed by atoms with van der Waals surface area (Å²) in [6.07, 6.45) is 7.96. The number of hydrogen-bond donors (Lipinski definition) is 0. The fourth-order valence-electron chi connectivity index (χ4n) is 7.74. The number of benzene rings is 8. The van der Waals surface area contributed by atoms with E-state index in [1.54, 1.807) is 0 Å². The van der Waals surface area contributed by atoms with Crippen molar-refractivity contribution in [1.82, 2.24) is 0 Å². The lowest BCUT2D eigenvalue weighted by Crippen LogP contribution is -2.17. The first kappa shape index (κ1) is 34.6. The van der Waals surface area contributed by atoms with E-state index in [1.807, 2.05) is 0 Å². The monoisotopic (exact) mass is 718 g/mol. The Bertz CT molecular complexity index is 2560. The van der Waals surface area contributed by atoms with Crippen molar-refractivity contribution in [3.63, 3.8) is 0 Å². The second-order valence-electron chi connectivity index (χ2n) is 14.1. The van der Waals surface area contributed by atoms with Crippen molar-refractivity contribution in [3.05, 3.63) is 248 Å². The fourth-order valence-corrected chi connectivity index (χ4v) is 7.74. The molecule has 268 valence electrons. The minimum Gasteiger partial charge on any atom is -0.311 e. The maximum Gasteiger partial charge on any atom is 0.0540 e. The van der Waals surface area contributed by atoms with Gasteiger partial charge in [-0.25, -0.2) is 0 Å². The Morgan fingerprint density at radius 2 is 0.750 bits per heavy atom. The molecule has 0 fully saturated rings. The van der Waals surface area contributed by atoms with Crippen LogP contribution in [-0.2, 0) is 0 Å². The van der Waals surface area contributed by atoms with Gasteiger partial charge in [0.15, 0.2) is 0 Å². The van der Waals surface area contributed by atoms with Gasteiger partial charge < -0.3 is 9.80 Å². The van der Waals surface area contributed by atoms with Gasteiger partial charge in [0.05, 0.1) is 5.69 Å². The summed E-state index contributed by atoms with van der Waals surface area (Å²) >= 11 is 0. The van der Waals surface area contributed by atoms with E-state index < -0.39 is 0 Å². The summed E-state index contributed by atoms with van der Waals surface area (Å²) in [6.45, 7) is 0. The van der Waals surface area contributed by atoms with Crippen LogP contribution in [0.5, 0.6) is 0 Å². The molecular weight excluding hydrogens is 677 g/mol. The van der Waals surface area contributed by atoms with E-state index in [-0.39, 0.29) is 0 Å².